The van der Waals surface area contributed by atoms with Crippen molar-refractivity contribution in [2.24, 2.45) is 5.73 Å². The van der Waals surface area contributed by atoms with E-state index in [-0.39, 0.29) is 6.04 Å². The lowest BCUT2D eigenvalue weighted by atomic mass is 10.1. The Kier molecular flexibility index (Phi) is 5.49. The van der Waals surface area contributed by atoms with E-state index >= 15 is 0 Å². The molecule has 4 nitrogen and oxygen atoms in total. The molecule has 1 aromatic heterocycles. The summed E-state index contributed by atoms with van der Waals surface area (Å²) in [4.78, 5) is 4.77. The Morgan fingerprint density at radius 2 is 1.83 bits per heavy atom. The minimum atomic E-state index is -0.0163. The summed E-state index contributed by atoms with van der Waals surface area (Å²) in [5, 5.41) is 0. The summed E-state index contributed by atoms with van der Waals surface area (Å²) in [6.07, 6.45) is 2.92. The van der Waals surface area contributed by atoms with Gasteiger partial charge in [0.1, 0.15) is 11.6 Å². The average molecular weight is 323 g/mol. The van der Waals surface area contributed by atoms with Crippen LogP contribution in [0.25, 0.3) is 11.0 Å². The molecule has 0 saturated carbocycles. The van der Waals surface area contributed by atoms with Gasteiger partial charge < -0.3 is 15.0 Å². The Balaban J connectivity index is 1.71. The molecule has 0 saturated heterocycles. The van der Waals surface area contributed by atoms with Gasteiger partial charge in [0.25, 0.3) is 0 Å². The van der Waals surface area contributed by atoms with E-state index in [9.17, 15) is 0 Å². The summed E-state index contributed by atoms with van der Waals surface area (Å²) in [7, 11) is 0. The van der Waals surface area contributed by atoms with Crippen LogP contribution in [0.15, 0.2) is 54.6 Å². The number of nitrogens with two attached hydrogens (primary N) is 1. The van der Waals surface area contributed by atoms with E-state index in [0.29, 0.717) is 6.61 Å². The van der Waals surface area contributed by atoms with Gasteiger partial charge in [-0.05, 0) is 37.1 Å². The van der Waals surface area contributed by atoms with Crippen molar-refractivity contribution < 1.29 is 4.74 Å². The van der Waals surface area contributed by atoms with Crippen molar-refractivity contribution in [3.63, 3.8) is 0 Å². The summed E-state index contributed by atoms with van der Waals surface area (Å²) < 4.78 is 8.05. The van der Waals surface area contributed by atoms with Gasteiger partial charge in [-0.1, -0.05) is 43.7 Å². The number of rotatable bonds is 8. The van der Waals surface area contributed by atoms with Crippen molar-refractivity contribution in [2.45, 2.75) is 38.8 Å². The first kappa shape index (κ1) is 16.5. The lowest BCUT2D eigenvalue weighted by molar-refractivity contribution is 0.301. The van der Waals surface area contributed by atoms with Crippen LogP contribution in [0.2, 0.25) is 0 Å². The van der Waals surface area contributed by atoms with Crippen LogP contribution in [-0.2, 0) is 6.54 Å². The fourth-order valence-electron chi connectivity index (χ4n) is 2.98. The normalized spacial score (nSPS) is 12.4. The molecule has 1 unspecified atom stereocenters. The van der Waals surface area contributed by atoms with Gasteiger partial charge in [-0.15, -0.1) is 0 Å². The zero-order chi connectivity index (χ0) is 16.8. The third-order valence-electron chi connectivity index (χ3n) is 4.15. The molecule has 0 bridgehead atoms. The van der Waals surface area contributed by atoms with Crippen molar-refractivity contribution >= 4 is 11.0 Å². The molecular weight excluding hydrogens is 298 g/mol. The van der Waals surface area contributed by atoms with E-state index in [1.807, 2.05) is 36.4 Å². The van der Waals surface area contributed by atoms with Gasteiger partial charge in [0.15, 0.2) is 0 Å². The van der Waals surface area contributed by atoms with E-state index in [1.54, 1.807) is 0 Å². The van der Waals surface area contributed by atoms with Gasteiger partial charge in [0, 0.05) is 6.54 Å². The Labute approximate surface area is 143 Å². The lowest BCUT2D eigenvalue weighted by Gasteiger charge is -2.14. The number of para-hydroxylation sites is 3. The van der Waals surface area contributed by atoms with E-state index in [2.05, 4.69) is 29.7 Å². The standard InChI is InChI=1S/C20H25N3O/c1-2-9-17(21)20-22-18-12-6-7-13-19(18)23(20)14-8-15-24-16-10-4-3-5-11-16/h3-7,10-13,17H,2,8-9,14-15,21H2,1H3. The zero-order valence-corrected chi connectivity index (χ0v) is 14.2. The third-order valence-corrected chi connectivity index (χ3v) is 4.15. The van der Waals surface area contributed by atoms with Crippen molar-refractivity contribution in [3.05, 3.63) is 60.4 Å². The summed E-state index contributed by atoms with van der Waals surface area (Å²) in [5.41, 5.74) is 8.52. The van der Waals surface area contributed by atoms with Gasteiger partial charge >= 0.3 is 0 Å². The van der Waals surface area contributed by atoms with Crippen LogP contribution in [0.4, 0.5) is 0 Å². The highest BCUT2D eigenvalue weighted by atomic mass is 16.5. The smallest absolute Gasteiger partial charge is 0.126 e. The first-order valence-corrected chi connectivity index (χ1v) is 8.68. The Hall–Kier alpha value is -2.33. The first-order chi connectivity index (χ1) is 11.8. The van der Waals surface area contributed by atoms with Crippen molar-refractivity contribution in [1.82, 2.24) is 9.55 Å². The number of hydrogen-bond acceptors (Lipinski definition) is 3. The van der Waals surface area contributed by atoms with Crippen molar-refractivity contribution in [3.8, 4) is 5.75 Å². The van der Waals surface area contributed by atoms with E-state index in [1.165, 1.54) is 0 Å². The second-order valence-corrected chi connectivity index (χ2v) is 6.02. The molecule has 126 valence electrons. The van der Waals surface area contributed by atoms with Crippen molar-refractivity contribution in [2.75, 3.05) is 6.61 Å². The molecule has 2 aromatic carbocycles. The number of hydrogen-bond donors (Lipinski definition) is 1. The number of imidazole rings is 1. The second kappa shape index (κ2) is 7.97. The summed E-state index contributed by atoms with van der Waals surface area (Å²) in [6.45, 7) is 3.69. The molecule has 0 radical (unpaired) electrons. The highest BCUT2D eigenvalue weighted by Crippen LogP contribution is 2.22. The molecule has 0 aliphatic carbocycles. The van der Waals surface area contributed by atoms with Crippen LogP contribution in [0.1, 0.15) is 38.1 Å². The van der Waals surface area contributed by atoms with Crippen LogP contribution in [0, 0.1) is 0 Å². The topological polar surface area (TPSA) is 53.1 Å². The average Bonchev–Trinajstić information content (AvgIpc) is 2.99. The van der Waals surface area contributed by atoms with E-state index in [0.717, 1.165) is 48.4 Å². The second-order valence-electron chi connectivity index (χ2n) is 6.02. The summed E-state index contributed by atoms with van der Waals surface area (Å²) in [5.74, 6) is 1.90. The molecule has 1 heterocycles. The number of fused-ring (bicyclic) bond motifs is 1. The highest BCUT2D eigenvalue weighted by molar-refractivity contribution is 5.76. The number of benzene rings is 2. The molecule has 4 heteroatoms. The lowest BCUT2D eigenvalue weighted by Crippen LogP contribution is -2.17. The summed E-state index contributed by atoms with van der Waals surface area (Å²) >= 11 is 0. The molecule has 0 aliphatic heterocycles. The predicted octanol–water partition coefficient (Wildman–Crippen LogP) is 4.31. The molecule has 0 aliphatic rings. The monoisotopic (exact) mass is 323 g/mol. The summed E-state index contributed by atoms with van der Waals surface area (Å²) in [6, 6.07) is 18.1. The number of nitrogens with zero attached hydrogens (tertiary/aromatic N) is 2. The molecular formula is C20H25N3O. The van der Waals surface area contributed by atoms with Crippen molar-refractivity contribution in [1.29, 1.82) is 0 Å². The predicted molar refractivity (Wildman–Crippen MR) is 98.1 cm³/mol. The largest absolute Gasteiger partial charge is 0.494 e. The number of ether oxygens (including phenoxy) is 1. The maximum Gasteiger partial charge on any atom is 0.126 e. The minimum Gasteiger partial charge on any atom is -0.494 e. The molecule has 3 rings (SSSR count). The van der Waals surface area contributed by atoms with Gasteiger partial charge in [-0.25, -0.2) is 4.98 Å². The van der Waals surface area contributed by atoms with Gasteiger partial charge in [0.2, 0.25) is 0 Å². The first-order valence-electron chi connectivity index (χ1n) is 8.68. The molecule has 0 amide bonds. The van der Waals surface area contributed by atoms with Crippen LogP contribution < -0.4 is 10.5 Å². The molecule has 0 spiro atoms. The molecule has 2 N–H and O–H groups in total. The molecule has 1 atom stereocenters. The Bertz CT molecular complexity index is 767. The van der Waals surface area contributed by atoms with Gasteiger partial charge in [0.05, 0.1) is 23.7 Å². The van der Waals surface area contributed by atoms with Crippen LogP contribution in [0.5, 0.6) is 5.75 Å². The zero-order valence-electron chi connectivity index (χ0n) is 14.2. The molecule has 0 fully saturated rings. The quantitative estimate of drug-likeness (QED) is 0.629. The van der Waals surface area contributed by atoms with Crippen LogP contribution in [-0.4, -0.2) is 16.2 Å². The number of aryl methyl sites for hydroxylation is 1. The van der Waals surface area contributed by atoms with Gasteiger partial charge in [-0.3, -0.25) is 0 Å². The third kappa shape index (κ3) is 3.77. The molecule has 3 aromatic rings. The molecule has 24 heavy (non-hydrogen) atoms. The van der Waals surface area contributed by atoms with Crippen LogP contribution in [0.3, 0.4) is 0 Å². The SMILES string of the molecule is CCCC(N)c1nc2ccccc2n1CCCOc1ccccc1. The maximum atomic E-state index is 6.35. The van der Waals surface area contributed by atoms with E-state index in [4.69, 9.17) is 15.5 Å². The highest BCUT2D eigenvalue weighted by Gasteiger charge is 2.16. The fourth-order valence-corrected chi connectivity index (χ4v) is 2.98. The Morgan fingerprint density at radius 1 is 1.08 bits per heavy atom. The number of aromatic nitrogens is 2. The maximum absolute atomic E-state index is 6.35. The van der Waals surface area contributed by atoms with E-state index < -0.39 is 0 Å². The minimum absolute atomic E-state index is 0.0163. The fraction of sp³-hybridized carbons (Fsp3) is 0.350. The van der Waals surface area contributed by atoms with Gasteiger partial charge in [-0.2, -0.15) is 0 Å². The van der Waals surface area contributed by atoms with Crippen LogP contribution >= 0.6 is 0 Å². The Morgan fingerprint density at radius 3 is 2.62 bits per heavy atom.